The van der Waals surface area contributed by atoms with E-state index in [1.165, 1.54) is 22.5 Å². The number of phenols is 1. The molecular weight excluding hydrogens is 284 g/mol. The Morgan fingerprint density at radius 2 is 2.11 bits per heavy atom. The second-order valence-electron chi connectivity index (χ2n) is 5.17. The average Bonchev–Trinajstić information content (AvgIpc) is 2.31. The van der Waals surface area contributed by atoms with E-state index in [-0.39, 0.29) is 21.1 Å². The van der Waals surface area contributed by atoms with Crippen molar-refractivity contribution in [3.63, 3.8) is 0 Å². The number of nitrogens with zero attached hydrogens (tertiary/aromatic N) is 1. The molecule has 1 fully saturated rings. The highest BCUT2D eigenvalue weighted by Crippen LogP contribution is 2.33. The fraction of sp³-hybridized carbons (Fsp3) is 0.500. The number of nitrogens with two attached hydrogens (primary N) is 1. The molecule has 0 aliphatic carbocycles. The van der Waals surface area contributed by atoms with E-state index < -0.39 is 10.0 Å². The summed E-state index contributed by atoms with van der Waals surface area (Å²) in [6.45, 7) is 5.03. The molecule has 0 saturated carbocycles. The van der Waals surface area contributed by atoms with Crippen LogP contribution >= 0.6 is 11.8 Å². The van der Waals surface area contributed by atoms with Crippen molar-refractivity contribution in [2.75, 3.05) is 24.6 Å². The Balaban J connectivity index is 2.34. The molecule has 0 spiro atoms. The van der Waals surface area contributed by atoms with E-state index in [9.17, 15) is 13.5 Å². The van der Waals surface area contributed by atoms with Gasteiger partial charge in [0.2, 0.25) is 10.0 Å². The third-order valence-corrected chi connectivity index (χ3v) is 6.17. The molecule has 0 amide bonds. The van der Waals surface area contributed by atoms with Crippen LogP contribution in [0.4, 0.5) is 5.69 Å². The minimum absolute atomic E-state index is 0.0757. The lowest BCUT2D eigenvalue weighted by Gasteiger charge is -2.36. The summed E-state index contributed by atoms with van der Waals surface area (Å²) in [4.78, 5) is 0.130. The zero-order chi connectivity index (χ0) is 14.3. The van der Waals surface area contributed by atoms with E-state index in [0.29, 0.717) is 13.1 Å². The molecule has 1 aliphatic heterocycles. The summed E-state index contributed by atoms with van der Waals surface area (Å²) >= 11 is 1.77. The Labute approximate surface area is 117 Å². The van der Waals surface area contributed by atoms with Gasteiger partial charge in [-0.2, -0.15) is 16.1 Å². The zero-order valence-electron chi connectivity index (χ0n) is 11.0. The largest absolute Gasteiger partial charge is 0.506 e. The number of nitrogen functional groups attached to an aromatic ring is 1. The Hall–Kier alpha value is -0.920. The van der Waals surface area contributed by atoms with Crippen LogP contribution in [-0.4, -0.2) is 41.4 Å². The second kappa shape index (κ2) is 4.88. The molecule has 19 heavy (non-hydrogen) atoms. The molecule has 1 saturated heterocycles. The average molecular weight is 302 g/mol. The third kappa shape index (κ3) is 2.98. The first kappa shape index (κ1) is 14.5. The van der Waals surface area contributed by atoms with E-state index in [4.69, 9.17) is 5.73 Å². The Morgan fingerprint density at radius 1 is 1.42 bits per heavy atom. The van der Waals surface area contributed by atoms with Crippen LogP contribution in [0, 0.1) is 0 Å². The first-order valence-corrected chi connectivity index (χ1v) is 8.37. The summed E-state index contributed by atoms with van der Waals surface area (Å²) in [7, 11) is -3.54. The van der Waals surface area contributed by atoms with Gasteiger partial charge in [0.05, 0.1) is 10.6 Å². The number of anilines is 1. The molecule has 0 aromatic heterocycles. The molecule has 1 aromatic rings. The van der Waals surface area contributed by atoms with Crippen LogP contribution < -0.4 is 5.73 Å². The molecule has 3 N–H and O–H groups in total. The normalized spacial score (nSPS) is 20.3. The lowest BCUT2D eigenvalue weighted by atomic mass is 10.2. The van der Waals surface area contributed by atoms with Gasteiger partial charge in [0, 0.05) is 23.6 Å². The number of rotatable bonds is 2. The molecule has 1 aliphatic rings. The number of aromatic hydroxyl groups is 1. The van der Waals surface area contributed by atoms with Gasteiger partial charge in [0.25, 0.3) is 0 Å². The fourth-order valence-electron chi connectivity index (χ4n) is 2.02. The van der Waals surface area contributed by atoms with Crippen molar-refractivity contribution < 1.29 is 13.5 Å². The van der Waals surface area contributed by atoms with Gasteiger partial charge >= 0.3 is 0 Å². The van der Waals surface area contributed by atoms with Crippen LogP contribution in [0.15, 0.2) is 23.1 Å². The maximum absolute atomic E-state index is 12.5. The highest BCUT2D eigenvalue weighted by Gasteiger charge is 2.34. The Kier molecular flexibility index (Phi) is 3.72. The number of thioether (sulfide) groups is 1. The first-order valence-electron chi connectivity index (χ1n) is 5.95. The standard InChI is InChI=1S/C12H18N2O3S2/c1-12(2)8-14(5-6-18-12)19(16,17)9-3-4-11(15)10(13)7-9/h3-4,7,15H,5-6,8,13H2,1-2H3. The van der Waals surface area contributed by atoms with E-state index in [0.717, 1.165) is 5.75 Å². The fourth-order valence-corrected chi connectivity index (χ4v) is 4.97. The number of phenolic OH excluding ortho intramolecular Hbond substituents is 1. The maximum Gasteiger partial charge on any atom is 0.243 e. The summed E-state index contributed by atoms with van der Waals surface area (Å²) in [6.07, 6.45) is 0. The molecule has 1 aromatic carbocycles. The molecule has 0 atom stereocenters. The highest BCUT2D eigenvalue weighted by molar-refractivity contribution is 8.00. The second-order valence-corrected chi connectivity index (χ2v) is 8.91. The van der Waals surface area contributed by atoms with Crippen molar-refractivity contribution in [1.29, 1.82) is 0 Å². The number of benzene rings is 1. The molecule has 0 bridgehead atoms. The molecule has 106 valence electrons. The van der Waals surface area contributed by atoms with Crippen molar-refractivity contribution in [2.24, 2.45) is 0 Å². The van der Waals surface area contributed by atoms with Gasteiger partial charge in [0.15, 0.2) is 0 Å². The summed E-state index contributed by atoms with van der Waals surface area (Å²) in [5.41, 5.74) is 5.64. The predicted octanol–water partition coefficient (Wildman–Crippen LogP) is 1.49. The quantitative estimate of drug-likeness (QED) is 0.639. The first-order chi connectivity index (χ1) is 8.72. The monoisotopic (exact) mass is 302 g/mol. The van der Waals surface area contributed by atoms with Crippen molar-refractivity contribution in [3.8, 4) is 5.75 Å². The third-order valence-electron chi connectivity index (χ3n) is 3.03. The van der Waals surface area contributed by atoms with Crippen molar-refractivity contribution >= 4 is 27.5 Å². The van der Waals surface area contributed by atoms with Crippen LogP contribution in [0.2, 0.25) is 0 Å². The highest BCUT2D eigenvalue weighted by atomic mass is 32.2. The van der Waals surface area contributed by atoms with Crippen molar-refractivity contribution in [3.05, 3.63) is 18.2 Å². The Bertz CT molecular complexity index is 585. The summed E-state index contributed by atoms with van der Waals surface area (Å²) in [6, 6.07) is 4.00. The van der Waals surface area contributed by atoms with E-state index in [1.54, 1.807) is 11.8 Å². The molecule has 2 rings (SSSR count). The van der Waals surface area contributed by atoms with Crippen LogP contribution in [0.5, 0.6) is 5.75 Å². The molecule has 1 heterocycles. The maximum atomic E-state index is 12.5. The SMILES string of the molecule is CC1(C)CN(S(=O)(=O)c2ccc(O)c(N)c2)CCS1. The summed E-state index contributed by atoms with van der Waals surface area (Å²) < 4.78 is 26.4. The lowest BCUT2D eigenvalue weighted by Crippen LogP contribution is -2.46. The Morgan fingerprint density at radius 3 is 2.68 bits per heavy atom. The molecular formula is C12H18N2O3S2. The molecule has 7 heteroatoms. The molecule has 5 nitrogen and oxygen atoms in total. The predicted molar refractivity (Wildman–Crippen MR) is 77.8 cm³/mol. The van der Waals surface area contributed by atoms with Crippen LogP contribution in [0.1, 0.15) is 13.8 Å². The van der Waals surface area contributed by atoms with Gasteiger partial charge in [-0.15, -0.1) is 0 Å². The topological polar surface area (TPSA) is 83.6 Å². The van der Waals surface area contributed by atoms with Crippen molar-refractivity contribution in [2.45, 2.75) is 23.5 Å². The van der Waals surface area contributed by atoms with Crippen molar-refractivity contribution in [1.82, 2.24) is 4.31 Å². The minimum Gasteiger partial charge on any atom is -0.506 e. The number of sulfonamides is 1. The minimum atomic E-state index is -3.54. The van der Waals surface area contributed by atoms with E-state index >= 15 is 0 Å². The van der Waals surface area contributed by atoms with Gasteiger partial charge in [-0.1, -0.05) is 0 Å². The number of hydrogen-bond donors (Lipinski definition) is 2. The van der Waals surface area contributed by atoms with Crippen LogP contribution in [0.25, 0.3) is 0 Å². The zero-order valence-corrected chi connectivity index (χ0v) is 12.6. The van der Waals surface area contributed by atoms with E-state index in [1.807, 2.05) is 13.8 Å². The smallest absolute Gasteiger partial charge is 0.243 e. The van der Waals surface area contributed by atoms with Gasteiger partial charge in [-0.25, -0.2) is 8.42 Å². The van der Waals surface area contributed by atoms with Gasteiger partial charge < -0.3 is 10.8 Å². The van der Waals surface area contributed by atoms with Crippen LogP contribution in [-0.2, 0) is 10.0 Å². The lowest BCUT2D eigenvalue weighted by molar-refractivity contribution is 0.387. The van der Waals surface area contributed by atoms with E-state index in [2.05, 4.69) is 0 Å². The van der Waals surface area contributed by atoms with Gasteiger partial charge in [0.1, 0.15) is 5.75 Å². The molecule has 0 radical (unpaired) electrons. The summed E-state index contributed by atoms with van der Waals surface area (Å²) in [5, 5.41) is 9.37. The van der Waals surface area contributed by atoms with Gasteiger partial charge in [-0.05, 0) is 32.0 Å². The van der Waals surface area contributed by atoms with Gasteiger partial charge in [-0.3, -0.25) is 0 Å². The number of hydrogen-bond acceptors (Lipinski definition) is 5. The van der Waals surface area contributed by atoms with Crippen LogP contribution in [0.3, 0.4) is 0 Å². The summed E-state index contributed by atoms with van der Waals surface area (Å²) in [5.74, 6) is 0.674. The molecule has 0 unspecified atom stereocenters.